The molecule has 0 aliphatic heterocycles. The first kappa shape index (κ1) is 15.0. The van der Waals surface area contributed by atoms with Crippen LogP contribution in [-0.2, 0) is 6.54 Å². The number of aromatic nitrogens is 1. The van der Waals surface area contributed by atoms with Crippen LogP contribution in [0.5, 0.6) is 0 Å². The van der Waals surface area contributed by atoms with Gasteiger partial charge in [0.2, 0.25) is 0 Å². The van der Waals surface area contributed by atoms with Crippen molar-refractivity contribution in [3.05, 3.63) is 24.0 Å². The zero-order valence-electron chi connectivity index (χ0n) is 12.2. The molecule has 1 aromatic rings. The number of rotatable bonds is 8. The summed E-state index contributed by atoms with van der Waals surface area (Å²) in [5.74, 6) is 0. The molecule has 0 saturated heterocycles. The average Bonchev–Trinajstić information content (AvgIpc) is 2.36. The molecule has 0 aromatic carbocycles. The molecule has 0 radical (unpaired) electrons. The van der Waals surface area contributed by atoms with Gasteiger partial charge < -0.3 is 10.2 Å². The third-order valence-electron chi connectivity index (χ3n) is 3.19. The number of hydrogen-bond donors (Lipinski definition) is 1. The van der Waals surface area contributed by atoms with E-state index in [1.54, 1.807) is 0 Å². The molecule has 0 atom stereocenters. The van der Waals surface area contributed by atoms with E-state index in [1.807, 2.05) is 19.4 Å². The largest absolute Gasteiger partial charge is 0.368 e. The Morgan fingerprint density at radius 2 is 2.11 bits per heavy atom. The molecule has 0 fully saturated rings. The monoisotopic (exact) mass is 249 g/mol. The lowest BCUT2D eigenvalue weighted by Crippen LogP contribution is -2.33. The second kappa shape index (κ2) is 8.09. The average molecular weight is 249 g/mol. The molecule has 0 bridgehead atoms. The number of unbranched alkanes of at least 4 members (excludes halogenated alkanes) is 2. The molecule has 3 nitrogen and oxygen atoms in total. The summed E-state index contributed by atoms with van der Waals surface area (Å²) < 4.78 is 0. The molecule has 1 rings (SSSR count). The summed E-state index contributed by atoms with van der Waals surface area (Å²) >= 11 is 0. The van der Waals surface area contributed by atoms with Crippen LogP contribution in [0.4, 0.5) is 5.69 Å². The number of pyridine rings is 1. The predicted octanol–water partition coefficient (Wildman–Crippen LogP) is 3.21. The zero-order valence-corrected chi connectivity index (χ0v) is 12.2. The van der Waals surface area contributed by atoms with Crippen LogP contribution in [0.15, 0.2) is 18.5 Å². The van der Waals surface area contributed by atoms with Gasteiger partial charge in [-0.15, -0.1) is 0 Å². The van der Waals surface area contributed by atoms with Gasteiger partial charge in [-0.2, -0.15) is 0 Å². The number of anilines is 1. The second-order valence-electron chi connectivity index (χ2n) is 5.03. The summed E-state index contributed by atoms with van der Waals surface area (Å²) in [6, 6.07) is 2.63. The Morgan fingerprint density at radius 1 is 1.33 bits per heavy atom. The minimum absolute atomic E-state index is 0.515. The summed E-state index contributed by atoms with van der Waals surface area (Å²) in [7, 11) is 1.99. The zero-order chi connectivity index (χ0) is 13.4. The highest BCUT2D eigenvalue weighted by Crippen LogP contribution is 2.22. The van der Waals surface area contributed by atoms with E-state index in [2.05, 4.69) is 42.0 Å². The molecule has 18 heavy (non-hydrogen) atoms. The highest BCUT2D eigenvalue weighted by atomic mass is 15.2. The Balaban J connectivity index is 2.83. The maximum atomic E-state index is 4.29. The van der Waals surface area contributed by atoms with E-state index in [1.165, 1.54) is 30.5 Å². The van der Waals surface area contributed by atoms with E-state index >= 15 is 0 Å². The van der Waals surface area contributed by atoms with Crippen molar-refractivity contribution in [2.24, 2.45) is 0 Å². The van der Waals surface area contributed by atoms with Gasteiger partial charge in [0.25, 0.3) is 0 Å². The van der Waals surface area contributed by atoms with Crippen molar-refractivity contribution < 1.29 is 0 Å². The van der Waals surface area contributed by atoms with E-state index in [9.17, 15) is 0 Å². The summed E-state index contributed by atoms with van der Waals surface area (Å²) in [5, 5.41) is 3.23. The highest BCUT2D eigenvalue weighted by molar-refractivity contribution is 5.52. The van der Waals surface area contributed by atoms with Crippen molar-refractivity contribution in [2.45, 2.75) is 52.6 Å². The van der Waals surface area contributed by atoms with Crippen molar-refractivity contribution in [1.29, 1.82) is 0 Å². The van der Waals surface area contributed by atoms with Gasteiger partial charge >= 0.3 is 0 Å². The molecule has 0 spiro atoms. The molecule has 1 aromatic heterocycles. The number of nitrogens with zero attached hydrogens (tertiary/aromatic N) is 2. The Labute approximate surface area is 112 Å². The minimum atomic E-state index is 0.515. The van der Waals surface area contributed by atoms with Gasteiger partial charge in [0.1, 0.15) is 0 Å². The van der Waals surface area contributed by atoms with Crippen LogP contribution in [0, 0.1) is 0 Å². The maximum absolute atomic E-state index is 4.29. The quantitative estimate of drug-likeness (QED) is 0.717. The van der Waals surface area contributed by atoms with Crippen molar-refractivity contribution in [3.8, 4) is 0 Å². The molecule has 1 heterocycles. The summed E-state index contributed by atoms with van der Waals surface area (Å²) in [4.78, 5) is 6.76. The maximum Gasteiger partial charge on any atom is 0.0600 e. The third-order valence-corrected chi connectivity index (χ3v) is 3.19. The molecular formula is C15H27N3. The highest BCUT2D eigenvalue weighted by Gasteiger charge is 2.13. The van der Waals surface area contributed by atoms with Gasteiger partial charge in [-0.05, 0) is 38.9 Å². The van der Waals surface area contributed by atoms with Crippen LogP contribution < -0.4 is 10.2 Å². The molecule has 3 heteroatoms. The first-order chi connectivity index (χ1) is 8.70. The van der Waals surface area contributed by atoms with Crippen LogP contribution in [0.3, 0.4) is 0 Å². The van der Waals surface area contributed by atoms with E-state index in [-0.39, 0.29) is 0 Å². The molecular weight excluding hydrogens is 222 g/mol. The Hall–Kier alpha value is -1.09. The molecule has 1 N–H and O–H groups in total. The predicted molar refractivity (Wildman–Crippen MR) is 79.0 cm³/mol. The lowest BCUT2D eigenvalue weighted by atomic mass is 10.1. The molecule has 102 valence electrons. The number of hydrogen-bond acceptors (Lipinski definition) is 3. The standard InChI is InChI=1S/C15H27N3/c1-5-6-7-10-18(13(2)3)15-12-17-9-8-14(15)11-16-4/h8-9,12-13,16H,5-7,10-11H2,1-4H3. The Bertz CT molecular complexity index is 336. The second-order valence-corrected chi connectivity index (χ2v) is 5.03. The molecule has 0 aliphatic carbocycles. The molecule has 0 saturated carbocycles. The first-order valence-corrected chi connectivity index (χ1v) is 7.04. The molecule has 0 unspecified atom stereocenters. The fourth-order valence-electron chi connectivity index (χ4n) is 2.20. The summed E-state index contributed by atoms with van der Waals surface area (Å²) in [6.07, 6.45) is 7.69. The van der Waals surface area contributed by atoms with E-state index in [4.69, 9.17) is 0 Å². The van der Waals surface area contributed by atoms with Gasteiger partial charge in [-0.1, -0.05) is 19.8 Å². The number of nitrogens with one attached hydrogen (secondary N) is 1. The van der Waals surface area contributed by atoms with E-state index < -0.39 is 0 Å². The lowest BCUT2D eigenvalue weighted by Gasteiger charge is -2.30. The van der Waals surface area contributed by atoms with E-state index in [0.717, 1.165) is 13.1 Å². The Kier molecular flexibility index (Phi) is 6.73. The van der Waals surface area contributed by atoms with Gasteiger partial charge in [0.15, 0.2) is 0 Å². The molecule has 0 amide bonds. The normalized spacial score (nSPS) is 10.9. The van der Waals surface area contributed by atoms with E-state index in [0.29, 0.717) is 6.04 Å². The summed E-state index contributed by atoms with van der Waals surface area (Å²) in [6.45, 7) is 8.77. The summed E-state index contributed by atoms with van der Waals surface area (Å²) in [5.41, 5.74) is 2.61. The van der Waals surface area contributed by atoms with Crippen LogP contribution in [0.2, 0.25) is 0 Å². The van der Waals surface area contributed by atoms with Crippen molar-refractivity contribution in [3.63, 3.8) is 0 Å². The van der Waals surface area contributed by atoms with Crippen LogP contribution in [0.25, 0.3) is 0 Å². The van der Waals surface area contributed by atoms with Gasteiger partial charge in [0, 0.05) is 25.3 Å². The lowest BCUT2D eigenvalue weighted by molar-refractivity contribution is 0.621. The van der Waals surface area contributed by atoms with Crippen LogP contribution >= 0.6 is 0 Å². The fraction of sp³-hybridized carbons (Fsp3) is 0.667. The van der Waals surface area contributed by atoms with Gasteiger partial charge in [-0.3, -0.25) is 4.98 Å². The minimum Gasteiger partial charge on any atom is -0.368 e. The van der Waals surface area contributed by atoms with Crippen LogP contribution in [0.1, 0.15) is 45.6 Å². The fourth-order valence-corrected chi connectivity index (χ4v) is 2.20. The van der Waals surface area contributed by atoms with Crippen molar-refractivity contribution >= 4 is 5.69 Å². The van der Waals surface area contributed by atoms with Crippen molar-refractivity contribution in [1.82, 2.24) is 10.3 Å². The van der Waals surface area contributed by atoms with Crippen LogP contribution in [-0.4, -0.2) is 24.6 Å². The topological polar surface area (TPSA) is 28.2 Å². The van der Waals surface area contributed by atoms with Gasteiger partial charge in [-0.25, -0.2) is 0 Å². The van der Waals surface area contributed by atoms with Gasteiger partial charge in [0.05, 0.1) is 11.9 Å². The Morgan fingerprint density at radius 3 is 2.72 bits per heavy atom. The SMILES string of the molecule is CCCCCN(c1cnccc1CNC)C(C)C. The van der Waals surface area contributed by atoms with Crippen molar-refractivity contribution in [2.75, 3.05) is 18.5 Å². The smallest absolute Gasteiger partial charge is 0.0600 e. The molecule has 0 aliphatic rings. The third kappa shape index (κ3) is 4.30. The first-order valence-electron chi connectivity index (χ1n) is 7.04.